The van der Waals surface area contributed by atoms with E-state index < -0.39 is 0 Å². The molecule has 0 radical (unpaired) electrons. The molecule has 1 aliphatic carbocycles. The molecule has 1 aromatic heterocycles. The van der Waals surface area contributed by atoms with Crippen LogP contribution in [0.5, 0.6) is 0 Å². The Labute approximate surface area is 144 Å². The number of hydrogen-bond acceptors (Lipinski definition) is 1. The van der Waals surface area contributed by atoms with Gasteiger partial charge in [-0.2, -0.15) is 0 Å². The third-order valence-electron chi connectivity index (χ3n) is 5.65. The molecule has 0 saturated heterocycles. The van der Waals surface area contributed by atoms with Crippen molar-refractivity contribution < 1.29 is 0 Å². The molecule has 3 aromatic rings. The highest BCUT2D eigenvalue weighted by Crippen LogP contribution is 2.43. The number of hydrogen-bond donors (Lipinski definition) is 0. The van der Waals surface area contributed by atoms with Gasteiger partial charge in [-0.3, -0.25) is 4.98 Å². The molecule has 0 bridgehead atoms. The van der Waals surface area contributed by atoms with Gasteiger partial charge >= 0.3 is 0 Å². The maximum Gasteiger partial charge on any atom is 0.0780 e. The first-order valence-electron chi connectivity index (χ1n) is 9.06. The maximum absolute atomic E-state index is 4.69. The van der Waals surface area contributed by atoms with Crippen LogP contribution in [0.3, 0.4) is 0 Å². The van der Waals surface area contributed by atoms with Gasteiger partial charge in [0.25, 0.3) is 0 Å². The molecule has 1 fully saturated rings. The van der Waals surface area contributed by atoms with E-state index in [4.69, 9.17) is 0 Å². The maximum atomic E-state index is 4.69. The Morgan fingerprint density at radius 3 is 2.42 bits per heavy atom. The zero-order valence-corrected chi connectivity index (χ0v) is 14.6. The number of pyridine rings is 1. The van der Waals surface area contributed by atoms with Gasteiger partial charge in [0.2, 0.25) is 0 Å². The first-order valence-corrected chi connectivity index (χ1v) is 9.06. The lowest BCUT2D eigenvalue weighted by Crippen LogP contribution is -2.20. The Kier molecular flexibility index (Phi) is 3.88. The minimum atomic E-state index is 0.518. The third-order valence-corrected chi connectivity index (χ3v) is 5.65. The molecule has 0 spiro atoms. The van der Waals surface area contributed by atoms with Crippen LogP contribution >= 0.6 is 0 Å². The highest BCUT2D eigenvalue weighted by molar-refractivity contribution is 5.94. The summed E-state index contributed by atoms with van der Waals surface area (Å²) >= 11 is 0. The van der Waals surface area contributed by atoms with E-state index in [1.807, 2.05) is 6.20 Å². The first-order chi connectivity index (χ1) is 11.6. The van der Waals surface area contributed by atoms with Gasteiger partial charge in [-0.1, -0.05) is 56.3 Å². The van der Waals surface area contributed by atoms with Crippen molar-refractivity contribution in [1.29, 1.82) is 0 Å². The van der Waals surface area contributed by atoms with Crippen molar-refractivity contribution in [2.75, 3.05) is 0 Å². The summed E-state index contributed by atoms with van der Waals surface area (Å²) in [5, 5.41) is 2.56. The van der Waals surface area contributed by atoms with Crippen LogP contribution in [0.25, 0.3) is 22.0 Å². The fraction of sp³-hybridized carbons (Fsp3) is 0.348. The monoisotopic (exact) mass is 315 g/mol. The minimum Gasteiger partial charge on any atom is -0.256 e. The standard InChI is InChI=1S/C23H25N/c1-23(2)13-10-17(11-14-23)20-9-8-18-12-15-24-22(21(18)16-20)19-6-4-3-5-7-19/h3-9,12,15-17H,10-11,13-14H2,1-2H3. The second kappa shape index (κ2) is 6.05. The average molecular weight is 315 g/mol. The number of aromatic nitrogens is 1. The lowest BCUT2D eigenvalue weighted by Gasteiger charge is -2.34. The predicted molar refractivity (Wildman–Crippen MR) is 102 cm³/mol. The summed E-state index contributed by atoms with van der Waals surface area (Å²) in [6, 6.07) is 19.7. The Morgan fingerprint density at radius 1 is 0.917 bits per heavy atom. The van der Waals surface area contributed by atoms with Gasteiger partial charge in [-0.05, 0) is 60.1 Å². The smallest absolute Gasteiger partial charge is 0.0780 e. The number of benzene rings is 2. The summed E-state index contributed by atoms with van der Waals surface area (Å²) in [5.41, 5.74) is 4.31. The molecule has 2 aromatic carbocycles. The normalized spacial score (nSPS) is 17.9. The van der Waals surface area contributed by atoms with Crippen molar-refractivity contribution in [1.82, 2.24) is 4.98 Å². The lowest BCUT2D eigenvalue weighted by atomic mass is 9.71. The van der Waals surface area contributed by atoms with Crippen LogP contribution in [0.4, 0.5) is 0 Å². The number of fused-ring (bicyclic) bond motifs is 1. The number of rotatable bonds is 2. The molecule has 24 heavy (non-hydrogen) atoms. The molecule has 0 atom stereocenters. The van der Waals surface area contributed by atoms with Crippen molar-refractivity contribution in [2.45, 2.75) is 45.4 Å². The van der Waals surface area contributed by atoms with Crippen molar-refractivity contribution >= 4 is 10.8 Å². The Balaban J connectivity index is 1.75. The molecule has 0 unspecified atom stereocenters. The Bertz CT molecular complexity index is 838. The Morgan fingerprint density at radius 2 is 1.67 bits per heavy atom. The molecule has 0 amide bonds. The van der Waals surface area contributed by atoms with E-state index in [2.05, 4.69) is 73.4 Å². The summed E-state index contributed by atoms with van der Waals surface area (Å²) in [7, 11) is 0. The molecule has 1 saturated carbocycles. The van der Waals surface area contributed by atoms with E-state index in [0.29, 0.717) is 11.3 Å². The zero-order valence-electron chi connectivity index (χ0n) is 14.6. The van der Waals surface area contributed by atoms with Gasteiger partial charge in [0.1, 0.15) is 0 Å². The lowest BCUT2D eigenvalue weighted by molar-refractivity contribution is 0.224. The van der Waals surface area contributed by atoms with Gasteiger partial charge in [0.15, 0.2) is 0 Å². The SMILES string of the molecule is CC1(C)CCC(c2ccc3ccnc(-c4ccccc4)c3c2)CC1. The topological polar surface area (TPSA) is 12.9 Å². The van der Waals surface area contributed by atoms with Crippen LogP contribution in [-0.2, 0) is 0 Å². The zero-order chi connectivity index (χ0) is 16.6. The summed E-state index contributed by atoms with van der Waals surface area (Å²) in [4.78, 5) is 4.69. The molecule has 1 heterocycles. The molecule has 1 aliphatic rings. The average Bonchev–Trinajstić information content (AvgIpc) is 2.61. The summed E-state index contributed by atoms with van der Waals surface area (Å²) in [6.45, 7) is 4.81. The van der Waals surface area contributed by atoms with Crippen molar-refractivity contribution in [3.63, 3.8) is 0 Å². The van der Waals surface area contributed by atoms with Gasteiger partial charge < -0.3 is 0 Å². The minimum absolute atomic E-state index is 0.518. The van der Waals surface area contributed by atoms with Crippen molar-refractivity contribution in [2.24, 2.45) is 5.41 Å². The van der Waals surface area contributed by atoms with Crippen molar-refractivity contribution in [3.8, 4) is 11.3 Å². The second-order valence-corrected chi connectivity index (χ2v) is 7.94. The quantitative estimate of drug-likeness (QED) is 0.520. The molecule has 0 aliphatic heterocycles. The van der Waals surface area contributed by atoms with E-state index >= 15 is 0 Å². The molecule has 1 nitrogen and oxygen atoms in total. The van der Waals surface area contributed by atoms with Gasteiger partial charge in [-0.15, -0.1) is 0 Å². The molecule has 0 N–H and O–H groups in total. The van der Waals surface area contributed by atoms with Crippen LogP contribution in [-0.4, -0.2) is 4.98 Å². The van der Waals surface area contributed by atoms with Gasteiger partial charge in [0.05, 0.1) is 5.69 Å². The molecular formula is C23H25N. The summed E-state index contributed by atoms with van der Waals surface area (Å²) < 4.78 is 0. The van der Waals surface area contributed by atoms with E-state index in [-0.39, 0.29) is 0 Å². The van der Waals surface area contributed by atoms with Crippen LogP contribution < -0.4 is 0 Å². The van der Waals surface area contributed by atoms with Gasteiger partial charge in [-0.25, -0.2) is 0 Å². The van der Waals surface area contributed by atoms with E-state index in [1.54, 1.807) is 0 Å². The highest BCUT2D eigenvalue weighted by Gasteiger charge is 2.27. The Hall–Kier alpha value is -2.15. The van der Waals surface area contributed by atoms with Gasteiger partial charge in [0, 0.05) is 17.1 Å². The van der Waals surface area contributed by atoms with E-state index in [0.717, 1.165) is 5.69 Å². The fourth-order valence-electron chi connectivity index (χ4n) is 4.00. The predicted octanol–water partition coefficient (Wildman–Crippen LogP) is 6.59. The molecule has 122 valence electrons. The highest BCUT2D eigenvalue weighted by atomic mass is 14.7. The first kappa shape index (κ1) is 15.4. The van der Waals surface area contributed by atoms with Crippen LogP contribution in [0, 0.1) is 5.41 Å². The second-order valence-electron chi connectivity index (χ2n) is 7.94. The summed E-state index contributed by atoms with van der Waals surface area (Å²) in [5.74, 6) is 0.700. The van der Waals surface area contributed by atoms with Crippen LogP contribution in [0.2, 0.25) is 0 Å². The third kappa shape index (κ3) is 2.96. The molecule has 1 heteroatoms. The number of nitrogens with zero attached hydrogens (tertiary/aromatic N) is 1. The van der Waals surface area contributed by atoms with Crippen molar-refractivity contribution in [3.05, 3.63) is 66.4 Å². The van der Waals surface area contributed by atoms with E-state index in [1.165, 1.54) is 47.6 Å². The largest absolute Gasteiger partial charge is 0.256 e. The molecular weight excluding hydrogens is 290 g/mol. The van der Waals surface area contributed by atoms with Crippen LogP contribution in [0.15, 0.2) is 60.8 Å². The molecule has 4 rings (SSSR count). The fourth-order valence-corrected chi connectivity index (χ4v) is 4.00. The summed E-state index contributed by atoms with van der Waals surface area (Å²) in [6.07, 6.45) is 7.19. The van der Waals surface area contributed by atoms with Crippen LogP contribution in [0.1, 0.15) is 51.0 Å². The van der Waals surface area contributed by atoms with E-state index in [9.17, 15) is 0 Å².